The van der Waals surface area contributed by atoms with Crippen LogP contribution < -0.4 is 10.1 Å². The van der Waals surface area contributed by atoms with Gasteiger partial charge in [-0.2, -0.15) is 4.31 Å². The lowest BCUT2D eigenvalue weighted by atomic mass is 10.1. The van der Waals surface area contributed by atoms with Gasteiger partial charge in [0.25, 0.3) is 0 Å². The Morgan fingerprint density at radius 2 is 1.89 bits per heavy atom. The van der Waals surface area contributed by atoms with Crippen LogP contribution in [0, 0.1) is 13.8 Å². The summed E-state index contributed by atoms with van der Waals surface area (Å²) < 4.78 is 33.0. The molecule has 0 radical (unpaired) electrons. The molecule has 0 spiro atoms. The molecule has 7 heteroatoms. The van der Waals surface area contributed by atoms with E-state index in [-0.39, 0.29) is 10.8 Å². The van der Waals surface area contributed by atoms with Crippen molar-refractivity contribution in [2.45, 2.75) is 44.2 Å². The van der Waals surface area contributed by atoms with Gasteiger partial charge in [-0.15, -0.1) is 0 Å². The van der Waals surface area contributed by atoms with Crippen molar-refractivity contribution in [3.63, 3.8) is 0 Å². The van der Waals surface area contributed by atoms with Gasteiger partial charge in [0.1, 0.15) is 11.8 Å². The van der Waals surface area contributed by atoms with Crippen LogP contribution in [0.2, 0.25) is 0 Å². The van der Waals surface area contributed by atoms with E-state index in [0.29, 0.717) is 37.2 Å². The van der Waals surface area contributed by atoms with Crippen LogP contribution in [0.1, 0.15) is 29.5 Å². The summed E-state index contributed by atoms with van der Waals surface area (Å²) in [6.07, 6.45) is 1.17. The van der Waals surface area contributed by atoms with Crippen LogP contribution in [0.25, 0.3) is 0 Å². The van der Waals surface area contributed by atoms with Crippen LogP contribution in [0.15, 0.2) is 47.4 Å². The van der Waals surface area contributed by atoms with Crippen LogP contribution in [0.4, 0.5) is 0 Å². The van der Waals surface area contributed by atoms with E-state index in [1.54, 1.807) is 19.1 Å². The molecule has 28 heavy (non-hydrogen) atoms. The molecule has 1 aliphatic rings. The summed E-state index contributed by atoms with van der Waals surface area (Å²) in [6, 6.07) is 12.2. The van der Waals surface area contributed by atoms with Crippen LogP contribution in [0.5, 0.6) is 5.75 Å². The molecule has 0 aliphatic carbocycles. The first-order valence-electron chi connectivity index (χ1n) is 9.32. The zero-order valence-corrected chi connectivity index (χ0v) is 17.3. The number of sulfonamides is 1. The normalized spacial score (nSPS) is 17.5. The lowest BCUT2D eigenvalue weighted by Gasteiger charge is -2.24. The third-order valence-electron chi connectivity index (χ3n) is 5.08. The van der Waals surface area contributed by atoms with Gasteiger partial charge >= 0.3 is 0 Å². The first-order valence-corrected chi connectivity index (χ1v) is 10.8. The number of ether oxygens (including phenoxy) is 1. The lowest BCUT2D eigenvalue weighted by Crippen LogP contribution is -2.45. The number of hydrogen-bond donors (Lipinski definition) is 1. The number of methoxy groups -OCH3 is 1. The van der Waals surface area contributed by atoms with E-state index in [9.17, 15) is 13.2 Å². The number of nitrogens with zero attached hydrogens (tertiary/aromatic N) is 1. The highest BCUT2D eigenvalue weighted by atomic mass is 32.2. The minimum absolute atomic E-state index is 0.185. The van der Waals surface area contributed by atoms with Gasteiger partial charge in [-0.1, -0.05) is 35.9 Å². The van der Waals surface area contributed by atoms with E-state index in [1.807, 2.05) is 31.2 Å². The van der Waals surface area contributed by atoms with Crippen molar-refractivity contribution in [3.8, 4) is 5.75 Å². The van der Waals surface area contributed by atoms with Crippen molar-refractivity contribution in [1.82, 2.24) is 9.62 Å². The second-order valence-electron chi connectivity index (χ2n) is 7.11. The van der Waals surface area contributed by atoms with Gasteiger partial charge in [0, 0.05) is 19.2 Å². The molecule has 1 heterocycles. The van der Waals surface area contributed by atoms with Gasteiger partial charge in [-0.05, 0) is 43.9 Å². The first-order chi connectivity index (χ1) is 13.3. The van der Waals surface area contributed by atoms with E-state index in [2.05, 4.69) is 5.32 Å². The second kappa shape index (κ2) is 8.32. The van der Waals surface area contributed by atoms with E-state index in [1.165, 1.54) is 17.5 Å². The quantitative estimate of drug-likeness (QED) is 0.806. The predicted molar refractivity (Wildman–Crippen MR) is 108 cm³/mol. The number of aryl methyl sites for hydroxylation is 2. The van der Waals surface area contributed by atoms with Crippen molar-refractivity contribution in [3.05, 3.63) is 59.2 Å². The average molecular weight is 403 g/mol. The van der Waals surface area contributed by atoms with E-state index in [0.717, 1.165) is 11.1 Å². The summed E-state index contributed by atoms with van der Waals surface area (Å²) in [4.78, 5) is 12.9. The predicted octanol–water partition coefficient (Wildman–Crippen LogP) is 2.78. The minimum Gasteiger partial charge on any atom is -0.497 e. The number of nitrogens with one attached hydrogen (secondary N) is 1. The monoisotopic (exact) mass is 402 g/mol. The molecule has 1 saturated heterocycles. The number of carbonyl (C=O) groups excluding carboxylic acids is 1. The highest BCUT2D eigenvalue weighted by molar-refractivity contribution is 7.89. The van der Waals surface area contributed by atoms with Crippen molar-refractivity contribution >= 4 is 15.9 Å². The Labute approximate surface area is 166 Å². The molecule has 2 aromatic carbocycles. The summed E-state index contributed by atoms with van der Waals surface area (Å²) in [7, 11) is -2.29. The molecule has 1 amide bonds. The Morgan fingerprint density at radius 3 is 2.57 bits per heavy atom. The van der Waals surface area contributed by atoms with Gasteiger partial charge in [0.2, 0.25) is 15.9 Å². The van der Waals surface area contributed by atoms with Crippen LogP contribution in [-0.2, 0) is 21.4 Å². The van der Waals surface area contributed by atoms with Gasteiger partial charge in [0.05, 0.1) is 12.0 Å². The molecular weight excluding hydrogens is 376 g/mol. The molecule has 150 valence electrons. The minimum atomic E-state index is -3.79. The molecule has 3 rings (SSSR count). The molecule has 1 fully saturated rings. The van der Waals surface area contributed by atoms with E-state index < -0.39 is 16.1 Å². The Bertz CT molecular complexity index is 955. The number of amides is 1. The highest BCUT2D eigenvalue weighted by Crippen LogP contribution is 2.30. The number of carbonyl (C=O) groups is 1. The zero-order valence-electron chi connectivity index (χ0n) is 16.4. The summed E-state index contributed by atoms with van der Waals surface area (Å²) in [5.74, 6) is 0.214. The Kier molecular flexibility index (Phi) is 6.05. The van der Waals surface area contributed by atoms with Gasteiger partial charge in [-0.25, -0.2) is 8.42 Å². The molecule has 6 nitrogen and oxygen atoms in total. The molecular formula is C21H26N2O4S. The second-order valence-corrected chi connectivity index (χ2v) is 8.97. The smallest absolute Gasteiger partial charge is 0.244 e. The maximum atomic E-state index is 13.2. The maximum absolute atomic E-state index is 13.2. The number of hydrogen-bond acceptors (Lipinski definition) is 4. The lowest BCUT2D eigenvalue weighted by molar-refractivity contribution is -0.124. The summed E-state index contributed by atoms with van der Waals surface area (Å²) in [5, 5.41) is 2.88. The van der Waals surface area contributed by atoms with Crippen LogP contribution in [0.3, 0.4) is 0 Å². The molecule has 0 saturated carbocycles. The van der Waals surface area contributed by atoms with Crippen LogP contribution in [-0.4, -0.2) is 38.3 Å². The molecule has 1 N–H and O–H groups in total. The molecule has 0 unspecified atom stereocenters. The fourth-order valence-corrected chi connectivity index (χ4v) is 5.31. The van der Waals surface area contributed by atoms with Crippen molar-refractivity contribution < 1.29 is 17.9 Å². The van der Waals surface area contributed by atoms with Crippen molar-refractivity contribution in [2.24, 2.45) is 0 Å². The number of rotatable bonds is 6. The summed E-state index contributed by atoms with van der Waals surface area (Å²) >= 11 is 0. The Hall–Kier alpha value is -2.38. The highest BCUT2D eigenvalue weighted by Gasteiger charge is 2.40. The third-order valence-corrected chi connectivity index (χ3v) is 7.13. The standard InChI is InChI=1S/C21H26N2O4S/c1-15-6-9-17(10-7-15)14-22-21(24)19-5-4-12-23(19)28(25,26)20-13-18(27-3)11-8-16(20)2/h6-11,13,19H,4-5,12,14H2,1-3H3,(H,22,24)/t19-/m0/s1. The average Bonchev–Trinajstić information content (AvgIpc) is 3.18. The van der Waals surface area contributed by atoms with Gasteiger partial charge in [0.15, 0.2) is 0 Å². The number of benzene rings is 2. The van der Waals surface area contributed by atoms with Crippen LogP contribution >= 0.6 is 0 Å². The van der Waals surface area contributed by atoms with Crippen molar-refractivity contribution in [2.75, 3.05) is 13.7 Å². The van der Waals surface area contributed by atoms with Crippen molar-refractivity contribution in [1.29, 1.82) is 0 Å². The third kappa shape index (κ3) is 4.20. The molecule has 1 aliphatic heterocycles. The summed E-state index contributed by atoms with van der Waals surface area (Å²) in [6.45, 7) is 4.46. The van der Waals surface area contributed by atoms with Gasteiger partial charge < -0.3 is 10.1 Å². The first kappa shape index (κ1) is 20.4. The molecule has 1 atom stereocenters. The molecule has 2 aromatic rings. The Balaban J connectivity index is 1.77. The summed E-state index contributed by atoms with van der Waals surface area (Å²) in [5.41, 5.74) is 2.76. The topological polar surface area (TPSA) is 75.7 Å². The Morgan fingerprint density at radius 1 is 1.18 bits per heavy atom. The fourth-order valence-electron chi connectivity index (χ4n) is 3.41. The molecule has 0 aromatic heterocycles. The largest absolute Gasteiger partial charge is 0.497 e. The fraction of sp³-hybridized carbons (Fsp3) is 0.381. The molecule has 0 bridgehead atoms. The van der Waals surface area contributed by atoms with E-state index >= 15 is 0 Å². The van der Waals surface area contributed by atoms with Gasteiger partial charge in [-0.3, -0.25) is 4.79 Å². The SMILES string of the molecule is COc1ccc(C)c(S(=O)(=O)N2CCC[C@H]2C(=O)NCc2ccc(C)cc2)c1. The van der Waals surface area contributed by atoms with E-state index in [4.69, 9.17) is 4.74 Å². The zero-order chi connectivity index (χ0) is 20.3. The maximum Gasteiger partial charge on any atom is 0.244 e.